The Kier molecular flexibility index (Phi) is 4.38. The lowest BCUT2D eigenvalue weighted by Crippen LogP contribution is -2.41. The van der Waals surface area contributed by atoms with E-state index in [4.69, 9.17) is 4.74 Å². The van der Waals surface area contributed by atoms with E-state index in [9.17, 15) is 9.59 Å². The van der Waals surface area contributed by atoms with Crippen molar-refractivity contribution < 1.29 is 9.53 Å². The molecule has 0 N–H and O–H groups in total. The summed E-state index contributed by atoms with van der Waals surface area (Å²) in [5.41, 5.74) is 5.81. The van der Waals surface area contributed by atoms with E-state index in [-0.39, 0.29) is 18.1 Å². The van der Waals surface area contributed by atoms with Crippen LogP contribution in [0.15, 0.2) is 71.5 Å². The van der Waals surface area contributed by atoms with Gasteiger partial charge in [0.05, 0.1) is 23.3 Å². The summed E-state index contributed by atoms with van der Waals surface area (Å²) in [4.78, 5) is 28.5. The molecule has 3 aromatic carbocycles. The topological polar surface area (TPSA) is 56.5 Å². The van der Waals surface area contributed by atoms with Crippen LogP contribution in [-0.4, -0.2) is 28.2 Å². The molecule has 2 aliphatic heterocycles. The molecule has 6 rings (SSSR count). The van der Waals surface area contributed by atoms with Crippen LogP contribution in [0, 0.1) is 0 Å². The Morgan fingerprint density at radius 2 is 1.75 bits per heavy atom. The molecule has 1 amide bonds. The first-order valence-corrected chi connectivity index (χ1v) is 11.0. The maximum absolute atomic E-state index is 13.4. The molecular formula is C26H23N3O3. The first-order chi connectivity index (χ1) is 15.7. The third kappa shape index (κ3) is 2.94. The first kappa shape index (κ1) is 18.9. The van der Waals surface area contributed by atoms with Crippen LogP contribution in [0.1, 0.15) is 12.0 Å². The molecule has 0 unspecified atom stereocenters. The quantitative estimate of drug-likeness (QED) is 0.501. The molecule has 1 aromatic heterocycles. The number of carbonyl (C=O) groups is 1. The van der Waals surface area contributed by atoms with E-state index < -0.39 is 0 Å². The highest BCUT2D eigenvalue weighted by Crippen LogP contribution is 2.33. The molecule has 2 aliphatic rings. The molecule has 160 valence electrons. The predicted octanol–water partition coefficient (Wildman–Crippen LogP) is 3.84. The van der Waals surface area contributed by atoms with Crippen LogP contribution in [-0.2, 0) is 24.3 Å². The number of amides is 1. The molecule has 0 spiro atoms. The second kappa shape index (κ2) is 7.41. The standard InChI is InChI=1S/C26H23N3O3/c30-24(27-13-14-32-23-11-5-4-10-21(23)27)17-29-22-16-20(18-7-2-1-3-8-18)15-19-9-6-12-28(25(19)22)26(29)31/h1-5,7-8,10-11,15-16H,6,9,12-14,17H2. The number of fused-ring (bicyclic) bond motifs is 1. The fraction of sp³-hybridized carbons (Fsp3) is 0.231. The summed E-state index contributed by atoms with van der Waals surface area (Å²) in [6.45, 7) is 1.62. The van der Waals surface area contributed by atoms with Gasteiger partial charge in [0.1, 0.15) is 18.9 Å². The third-order valence-corrected chi connectivity index (χ3v) is 6.45. The number of para-hydroxylation sites is 2. The number of ether oxygens (including phenoxy) is 1. The van der Waals surface area contributed by atoms with E-state index in [0.717, 1.165) is 40.7 Å². The molecule has 4 aromatic rings. The van der Waals surface area contributed by atoms with Crippen LogP contribution in [0.2, 0.25) is 0 Å². The Labute approximate surface area is 185 Å². The van der Waals surface area contributed by atoms with Crippen molar-refractivity contribution in [2.24, 2.45) is 0 Å². The maximum atomic E-state index is 13.4. The largest absolute Gasteiger partial charge is 0.490 e. The monoisotopic (exact) mass is 425 g/mol. The van der Waals surface area contributed by atoms with Crippen LogP contribution < -0.4 is 15.3 Å². The van der Waals surface area contributed by atoms with Gasteiger partial charge < -0.3 is 9.64 Å². The molecule has 0 bridgehead atoms. The average Bonchev–Trinajstić information content (AvgIpc) is 3.11. The van der Waals surface area contributed by atoms with E-state index in [1.807, 2.05) is 47.0 Å². The van der Waals surface area contributed by atoms with E-state index in [1.165, 1.54) is 5.56 Å². The zero-order chi connectivity index (χ0) is 21.7. The zero-order valence-corrected chi connectivity index (χ0v) is 17.7. The van der Waals surface area contributed by atoms with Gasteiger partial charge in [0.15, 0.2) is 0 Å². The van der Waals surface area contributed by atoms with Crippen molar-refractivity contribution >= 4 is 22.6 Å². The average molecular weight is 425 g/mol. The van der Waals surface area contributed by atoms with Crippen molar-refractivity contribution in [1.29, 1.82) is 0 Å². The molecule has 6 nitrogen and oxygen atoms in total. The fourth-order valence-electron chi connectivity index (χ4n) is 4.96. The molecular weight excluding hydrogens is 402 g/mol. The fourth-order valence-corrected chi connectivity index (χ4v) is 4.96. The smallest absolute Gasteiger partial charge is 0.329 e. The van der Waals surface area contributed by atoms with Crippen molar-refractivity contribution in [3.8, 4) is 16.9 Å². The van der Waals surface area contributed by atoms with Gasteiger partial charge in [0, 0.05) is 6.54 Å². The lowest BCUT2D eigenvalue weighted by molar-refractivity contribution is -0.119. The van der Waals surface area contributed by atoms with Crippen molar-refractivity contribution in [3.63, 3.8) is 0 Å². The molecule has 32 heavy (non-hydrogen) atoms. The van der Waals surface area contributed by atoms with E-state index in [2.05, 4.69) is 24.3 Å². The van der Waals surface area contributed by atoms with Crippen LogP contribution >= 0.6 is 0 Å². The molecule has 0 saturated carbocycles. The lowest BCUT2D eigenvalue weighted by atomic mass is 9.97. The van der Waals surface area contributed by atoms with Gasteiger partial charge in [-0.3, -0.25) is 13.9 Å². The number of rotatable bonds is 3. The Morgan fingerprint density at radius 3 is 2.62 bits per heavy atom. The minimum Gasteiger partial charge on any atom is -0.490 e. The highest BCUT2D eigenvalue weighted by molar-refractivity contribution is 5.96. The number of nitrogens with zero attached hydrogens (tertiary/aromatic N) is 3. The van der Waals surface area contributed by atoms with Gasteiger partial charge in [0.2, 0.25) is 5.91 Å². The summed E-state index contributed by atoms with van der Waals surface area (Å²) >= 11 is 0. The van der Waals surface area contributed by atoms with Gasteiger partial charge in [0.25, 0.3) is 0 Å². The molecule has 0 aliphatic carbocycles. The maximum Gasteiger partial charge on any atom is 0.329 e. The van der Waals surface area contributed by atoms with Gasteiger partial charge in [-0.05, 0) is 53.8 Å². The minimum absolute atomic E-state index is 0.00828. The van der Waals surface area contributed by atoms with Gasteiger partial charge in [-0.2, -0.15) is 0 Å². The number of carbonyl (C=O) groups excluding carboxylic acids is 1. The lowest BCUT2D eigenvalue weighted by Gasteiger charge is -2.29. The highest BCUT2D eigenvalue weighted by Gasteiger charge is 2.27. The summed E-state index contributed by atoms with van der Waals surface area (Å²) in [5.74, 6) is 0.598. The number of hydrogen-bond donors (Lipinski definition) is 0. The SMILES string of the molecule is O=C(Cn1c(=O)n2c3c(cc(-c4ccccc4)cc31)CCC2)N1CCOc2ccccc21. The second-order valence-electron chi connectivity index (χ2n) is 8.35. The molecule has 0 saturated heterocycles. The van der Waals surface area contributed by atoms with E-state index in [0.29, 0.717) is 25.4 Å². The van der Waals surface area contributed by atoms with Gasteiger partial charge in [-0.1, -0.05) is 42.5 Å². The van der Waals surface area contributed by atoms with Crippen LogP contribution in [0.5, 0.6) is 5.75 Å². The summed E-state index contributed by atoms with van der Waals surface area (Å²) in [7, 11) is 0. The number of aryl methyl sites for hydroxylation is 2. The van der Waals surface area contributed by atoms with Crippen LogP contribution in [0.3, 0.4) is 0 Å². The van der Waals surface area contributed by atoms with Crippen molar-refractivity contribution in [2.75, 3.05) is 18.1 Å². The number of imidazole rings is 1. The van der Waals surface area contributed by atoms with E-state index >= 15 is 0 Å². The Bertz CT molecular complexity index is 1400. The van der Waals surface area contributed by atoms with E-state index in [1.54, 1.807) is 9.47 Å². The Morgan fingerprint density at radius 1 is 0.938 bits per heavy atom. The second-order valence-corrected chi connectivity index (χ2v) is 8.35. The molecule has 6 heteroatoms. The van der Waals surface area contributed by atoms with Crippen LogP contribution in [0.4, 0.5) is 5.69 Å². The van der Waals surface area contributed by atoms with Crippen LogP contribution in [0.25, 0.3) is 22.2 Å². The Hall–Kier alpha value is -3.80. The number of anilines is 1. The summed E-state index contributed by atoms with van der Waals surface area (Å²) in [6, 6.07) is 22.0. The normalized spacial score (nSPS) is 14.8. The van der Waals surface area contributed by atoms with Crippen molar-refractivity contribution in [3.05, 3.63) is 82.8 Å². The molecule has 0 atom stereocenters. The zero-order valence-electron chi connectivity index (χ0n) is 17.7. The molecule has 0 radical (unpaired) electrons. The molecule has 3 heterocycles. The summed E-state index contributed by atoms with van der Waals surface area (Å²) in [6.07, 6.45) is 1.86. The van der Waals surface area contributed by atoms with Crippen molar-refractivity contribution in [2.45, 2.75) is 25.9 Å². The summed E-state index contributed by atoms with van der Waals surface area (Å²) in [5, 5.41) is 0. The summed E-state index contributed by atoms with van der Waals surface area (Å²) < 4.78 is 9.18. The van der Waals surface area contributed by atoms with Gasteiger partial charge >= 0.3 is 5.69 Å². The van der Waals surface area contributed by atoms with Gasteiger partial charge in [-0.15, -0.1) is 0 Å². The Balaban J connectivity index is 1.46. The predicted molar refractivity (Wildman–Crippen MR) is 124 cm³/mol. The number of benzene rings is 3. The third-order valence-electron chi connectivity index (χ3n) is 6.45. The highest BCUT2D eigenvalue weighted by atomic mass is 16.5. The molecule has 0 fully saturated rings. The first-order valence-electron chi connectivity index (χ1n) is 11.0. The van der Waals surface area contributed by atoms with Gasteiger partial charge in [-0.25, -0.2) is 4.79 Å². The number of hydrogen-bond acceptors (Lipinski definition) is 3. The van der Waals surface area contributed by atoms with Crippen molar-refractivity contribution in [1.82, 2.24) is 9.13 Å². The number of aromatic nitrogens is 2. The minimum atomic E-state index is -0.110.